The van der Waals surface area contributed by atoms with Crippen LogP contribution >= 0.6 is 11.6 Å². The zero-order valence-corrected chi connectivity index (χ0v) is 10.7. The summed E-state index contributed by atoms with van der Waals surface area (Å²) in [4.78, 5) is 18.9. The monoisotopic (exact) mass is 277 g/mol. The number of carboxylic acids is 1. The van der Waals surface area contributed by atoms with Gasteiger partial charge in [-0.05, 0) is 24.3 Å². The molecular formula is C13H12ClN3O2. The molecule has 0 saturated heterocycles. The molecule has 0 saturated carbocycles. The molecule has 1 heterocycles. The second-order valence-electron chi connectivity index (χ2n) is 4.05. The van der Waals surface area contributed by atoms with Crippen LogP contribution in [-0.2, 0) is 4.79 Å². The standard InChI is InChI=1S/C13H12ClN3O2/c14-10-3-1-8(2-4-10)13-16-6-9(7-17-13)11(15)5-12(18)19/h1-4,6-7,11H,5,15H2,(H,18,19)/t11-/m0/s1. The Labute approximate surface area is 115 Å². The van der Waals surface area contributed by atoms with Gasteiger partial charge in [0.1, 0.15) is 0 Å². The summed E-state index contributed by atoms with van der Waals surface area (Å²) in [5, 5.41) is 9.31. The van der Waals surface area contributed by atoms with E-state index >= 15 is 0 Å². The second-order valence-corrected chi connectivity index (χ2v) is 4.49. The molecule has 98 valence electrons. The van der Waals surface area contributed by atoms with Crippen molar-refractivity contribution < 1.29 is 9.90 Å². The molecule has 1 aromatic carbocycles. The Morgan fingerprint density at radius 2 is 1.84 bits per heavy atom. The van der Waals surface area contributed by atoms with Gasteiger partial charge < -0.3 is 10.8 Å². The molecule has 0 amide bonds. The van der Waals surface area contributed by atoms with Crippen LogP contribution in [0.3, 0.4) is 0 Å². The molecular weight excluding hydrogens is 266 g/mol. The highest BCUT2D eigenvalue weighted by molar-refractivity contribution is 6.30. The smallest absolute Gasteiger partial charge is 0.305 e. The molecule has 1 atom stereocenters. The van der Waals surface area contributed by atoms with E-state index in [4.69, 9.17) is 22.4 Å². The second kappa shape index (κ2) is 5.77. The van der Waals surface area contributed by atoms with Crippen molar-refractivity contribution >= 4 is 17.6 Å². The van der Waals surface area contributed by atoms with Crippen LogP contribution in [0.15, 0.2) is 36.7 Å². The molecule has 0 spiro atoms. The number of nitrogens with zero attached hydrogens (tertiary/aromatic N) is 2. The summed E-state index contributed by atoms with van der Waals surface area (Å²) in [5.74, 6) is -0.405. The van der Waals surface area contributed by atoms with Crippen molar-refractivity contribution in [2.45, 2.75) is 12.5 Å². The summed E-state index contributed by atoms with van der Waals surface area (Å²) in [5.41, 5.74) is 7.16. The quantitative estimate of drug-likeness (QED) is 0.895. The molecule has 0 unspecified atom stereocenters. The summed E-state index contributed by atoms with van der Waals surface area (Å²) in [7, 11) is 0. The van der Waals surface area contributed by atoms with Crippen LogP contribution in [0.5, 0.6) is 0 Å². The molecule has 0 aliphatic carbocycles. The summed E-state index contributed by atoms with van der Waals surface area (Å²) in [6, 6.07) is 6.54. The molecule has 0 bridgehead atoms. The minimum absolute atomic E-state index is 0.149. The normalized spacial score (nSPS) is 12.1. The molecule has 3 N–H and O–H groups in total. The third-order valence-electron chi connectivity index (χ3n) is 2.60. The summed E-state index contributed by atoms with van der Waals surface area (Å²) >= 11 is 5.80. The van der Waals surface area contributed by atoms with E-state index in [1.54, 1.807) is 24.5 Å². The molecule has 0 aliphatic rings. The van der Waals surface area contributed by atoms with Gasteiger partial charge in [0.2, 0.25) is 0 Å². The summed E-state index contributed by atoms with van der Waals surface area (Å²) < 4.78 is 0. The molecule has 19 heavy (non-hydrogen) atoms. The van der Waals surface area contributed by atoms with Crippen LogP contribution in [0.1, 0.15) is 18.0 Å². The highest BCUT2D eigenvalue weighted by Crippen LogP contribution is 2.19. The topological polar surface area (TPSA) is 89.1 Å². The zero-order valence-electron chi connectivity index (χ0n) is 9.95. The van der Waals surface area contributed by atoms with Gasteiger partial charge in [-0.1, -0.05) is 11.6 Å². The zero-order chi connectivity index (χ0) is 13.8. The number of nitrogens with two attached hydrogens (primary N) is 1. The molecule has 0 radical (unpaired) electrons. The first-order chi connectivity index (χ1) is 9.06. The predicted octanol–water partition coefficient (Wildman–Crippen LogP) is 2.27. The largest absolute Gasteiger partial charge is 0.481 e. The van der Waals surface area contributed by atoms with Gasteiger partial charge in [0.05, 0.1) is 6.42 Å². The molecule has 0 aliphatic heterocycles. The van der Waals surface area contributed by atoms with E-state index in [2.05, 4.69) is 9.97 Å². The lowest BCUT2D eigenvalue weighted by atomic mass is 10.1. The number of hydrogen-bond acceptors (Lipinski definition) is 4. The first-order valence-electron chi connectivity index (χ1n) is 5.61. The number of hydrogen-bond donors (Lipinski definition) is 2. The molecule has 2 aromatic rings. The first kappa shape index (κ1) is 13.5. The number of aromatic nitrogens is 2. The number of carboxylic acid groups (broad SMARTS) is 1. The summed E-state index contributed by atoms with van der Waals surface area (Å²) in [6.45, 7) is 0. The lowest BCUT2D eigenvalue weighted by molar-refractivity contribution is -0.137. The molecule has 2 rings (SSSR count). The Hall–Kier alpha value is -1.98. The van der Waals surface area contributed by atoms with E-state index in [1.165, 1.54) is 0 Å². The van der Waals surface area contributed by atoms with Crippen LogP contribution < -0.4 is 5.73 Å². The van der Waals surface area contributed by atoms with Crippen molar-refractivity contribution in [2.75, 3.05) is 0 Å². The lowest BCUT2D eigenvalue weighted by Crippen LogP contribution is -2.15. The fourth-order valence-electron chi connectivity index (χ4n) is 1.58. The Morgan fingerprint density at radius 3 is 2.37 bits per heavy atom. The fourth-order valence-corrected chi connectivity index (χ4v) is 1.71. The minimum Gasteiger partial charge on any atom is -0.481 e. The number of aliphatic carboxylic acids is 1. The van der Waals surface area contributed by atoms with E-state index in [-0.39, 0.29) is 6.42 Å². The first-order valence-corrected chi connectivity index (χ1v) is 5.99. The van der Waals surface area contributed by atoms with Crippen LogP contribution in [0.25, 0.3) is 11.4 Å². The third kappa shape index (κ3) is 3.49. The van der Waals surface area contributed by atoms with Crippen LogP contribution in [0, 0.1) is 0 Å². The van der Waals surface area contributed by atoms with Crippen LogP contribution in [0.4, 0.5) is 0 Å². The third-order valence-corrected chi connectivity index (χ3v) is 2.85. The van der Waals surface area contributed by atoms with E-state index in [0.717, 1.165) is 5.56 Å². The fraction of sp³-hybridized carbons (Fsp3) is 0.154. The Bertz CT molecular complexity index is 569. The number of benzene rings is 1. The number of rotatable bonds is 4. The SMILES string of the molecule is N[C@@H](CC(=O)O)c1cnc(-c2ccc(Cl)cc2)nc1. The van der Waals surface area contributed by atoms with Gasteiger partial charge in [-0.3, -0.25) is 4.79 Å². The average Bonchev–Trinajstić information content (AvgIpc) is 2.39. The maximum atomic E-state index is 10.6. The molecule has 1 aromatic heterocycles. The predicted molar refractivity (Wildman–Crippen MR) is 71.7 cm³/mol. The molecule has 5 nitrogen and oxygen atoms in total. The Balaban J connectivity index is 2.18. The van der Waals surface area contributed by atoms with E-state index in [9.17, 15) is 4.79 Å². The van der Waals surface area contributed by atoms with Crippen molar-refractivity contribution in [3.8, 4) is 11.4 Å². The lowest BCUT2D eigenvalue weighted by Gasteiger charge is -2.08. The van der Waals surface area contributed by atoms with E-state index in [1.807, 2.05) is 12.1 Å². The highest BCUT2D eigenvalue weighted by atomic mass is 35.5. The van der Waals surface area contributed by atoms with Gasteiger partial charge in [-0.15, -0.1) is 0 Å². The van der Waals surface area contributed by atoms with Crippen molar-refractivity contribution in [1.29, 1.82) is 0 Å². The average molecular weight is 278 g/mol. The van der Waals surface area contributed by atoms with Crippen molar-refractivity contribution in [2.24, 2.45) is 5.73 Å². The molecule has 0 fully saturated rings. The Kier molecular flexibility index (Phi) is 4.09. The van der Waals surface area contributed by atoms with Crippen LogP contribution in [0.2, 0.25) is 5.02 Å². The number of halogens is 1. The van der Waals surface area contributed by atoms with Crippen molar-refractivity contribution in [1.82, 2.24) is 9.97 Å². The molecule has 6 heteroatoms. The maximum absolute atomic E-state index is 10.6. The Morgan fingerprint density at radius 1 is 1.26 bits per heavy atom. The van der Waals surface area contributed by atoms with E-state index < -0.39 is 12.0 Å². The van der Waals surface area contributed by atoms with Gasteiger partial charge in [0.25, 0.3) is 0 Å². The minimum atomic E-state index is -0.950. The van der Waals surface area contributed by atoms with Gasteiger partial charge in [-0.25, -0.2) is 9.97 Å². The van der Waals surface area contributed by atoms with Crippen molar-refractivity contribution in [3.63, 3.8) is 0 Å². The van der Waals surface area contributed by atoms with Gasteiger partial charge in [0, 0.05) is 34.6 Å². The van der Waals surface area contributed by atoms with E-state index in [0.29, 0.717) is 16.4 Å². The van der Waals surface area contributed by atoms with Crippen molar-refractivity contribution in [3.05, 3.63) is 47.2 Å². The van der Waals surface area contributed by atoms with Gasteiger partial charge in [0.15, 0.2) is 5.82 Å². The highest BCUT2D eigenvalue weighted by Gasteiger charge is 2.11. The number of carbonyl (C=O) groups is 1. The van der Waals surface area contributed by atoms with Gasteiger partial charge in [-0.2, -0.15) is 0 Å². The summed E-state index contributed by atoms with van der Waals surface area (Å²) in [6.07, 6.45) is 2.94. The van der Waals surface area contributed by atoms with Gasteiger partial charge >= 0.3 is 5.97 Å². The van der Waals surface area contributed by atoms with Crippen LogP contribution in [-0.4, -0.2) is 21.0 Å². The maximum Gasteiger partial charge on any atom is 0.305 e.